The molecule has 0 aromatic carbocycles. The fraction of sp³-hybridized carbons (Fsp3) is 0.500. The van der Waals surface area contributed by atoms with E-state index in [1.165, 1.54) is 0 Å². The first-order valence-corrected chi connectivity index (χ1v) is 12.5. The molecule has 2 heterocycles. The Labute approximate surface area is 180 Å². The Balaban J connectivity index is 2.24. The zero-order valence-electron chi connectivity index (χ0n) is 14.9. The Kier molecular flexibility index (Phi) is 8.03. The summed E-state index contributed by atoms with van der Waals surface area (Å²) in [4.78, 5) is 60.2. The fourth-order valence-electron chi connectivity index (χ4n) is 2.33. The maximum atomic E-state index is 15.3. The number of H-pyrrole nitrogens is 1. The number of hydrogen-bond donors (Lipinski definition) is 6. The third-order valence-electron chi connectivity index (χ3n) is 3.46. The summed E-state index contributed by atoms with van der Waals surface area (Å²) in [6, 6.07) is 0. The highest BCUT2D eigenvalue weighted by Gasteiger charge is 2.59. The molecular weight excluding hydrogens is 533 g/mol. The highest BCUT2D eigenvalue weighted by molar-refractivity contribution is 7.66. The van der Waals surface area contributed by atoms with Gasteiger partial charge in [-0.15, -0.1) is 0 Å². The number of phosphoric ester groups is 1. The van der Waals surface area contributed by atoms with E-state index in [0.29, 0.717) is 6.20 Å². The van der Waals surface area contributed by atoms with E-state index in [1.54, 1.807) is 16.3 Å². The normalized spacial score (nSPS) is 29.5. The van der Waals surface area contributed by atoms with E-state index in [9.17, 15) is 33.3 Å². The zero-order valence-corrected chi connectivity index (χ0v) is 18.4. The Morgan fingerprint density at radius 2 is 1.88 bits per heavy atom. The number of ether oxygens (including phenoxy) is 1. The molecule has 2 rings (SSSR count). The lowest BCUT2D eigenvalue weighted by Gasteiger charge is -2.22. The molecule has 0 bridgehead atoms. The molecule has 17 nitrogen and oxygen atoms in total. The zero-order chi connectivity index (χ0) is 24.5. The molecule has 32 heavy (non-hydrogen) atoms. The minimum atomic E-state index is -5.83. The third kappa shape index (κ3) is 6.62. The van der Waals surface area contributed by atoms with E-state index in [-0.39, 0.29) is 4.68 Å². The van der Waals surface area contributed by atoms with Crippen LogP contribution in [0.25, 0.3) is 0 Å². The molecule has 1 aromatic heterocycles. The molecule has 1 aliphatic rings. The standard InChI is InChI=1S/C10H12ClFN3O14P3/c11-2-1-10(12)7(17)5(27-8(10)15-9(18)14-6(16)3-13-15)4-26-31(22,23)29-32(24,25)28-30(19,20)21/h3,5,7-8,17H,4H2,(H,22,23)(H,24,25)(H,14,16,18)(H2,19,20,21)/t5-,7+,8-,10?/m1/s1. The minimum absolute atomic E-state index is 0.233. The van der Waals surface area contributed by atoms with Gasteiger partial charge in [0.15, 0.2) is 0 Å². The van der Waals surface area contributed by atoms with E-state index in [1.807, 2.05) is 0 Å². The summed E-state index contributed by atoms with van der Waals surface area (Å²) in [7, 11) is -17.1. The van der Waals surface area contributed by atoms with Gasteiger partial charge in [0, 0.05) is 5.38 Å². The SMILES string of the molecule is O=c1cnn([C@@H]2O[C@H](COP(=O)(O)OP(=O)(O)OP(=O)(O)O)[C@H](O)C2(F)C#CCl)c(=O)[nH]1. The first-order chi connectivity index (χ1) is 14.5. The van der Waals surface area contributed by atoms with Crippen LogP contribution in [0.3, 0.4) is 0 Å². The van der Waals surface area contributed by atoms with Crippen LogP contribution in [0.5, 0.6) is 0 Å². The van der Waals surface area contributed by atoms with Gasteiger partial charge in [0.25, 0.3) is 5.56 Å². The molecule has 0 aliphatic carbocycles. The average molecular weight is 546 g/mol. The second-order valence-corrected chi connectivity index (χ2v) is 10.3. The number of aliphatic hydroxyl groups excluding tert-OH is 1. The van der Waals surface area contributed by atoms with Crippen LogP contribution in [0.15, 0.2) is 15.8 Å². The number of nitrogens with one attached hydrogen (secondary N) is 1. The average Bonchev–Trinajstić information content (AvgIpc) is 2.82. The number of nitrogens with zero attached hydrogens (tertiary/aromatic N) is 2. The van der Waals surface area contributed by atoms with Crippen molar-refractivity contribution >= 4 is 35.1 Å². The van der Waals surface area contributed by atoms with E-state index < -0.39 is 65.4 Å². The van der Waals surface area contributed by atoms with Gasteiger partial charge in [-0.2, -0.15) is 18.4 Å². The van der Waals surface area contributed by atoms with Crippen molar-refractivity contribution in [2.24, 2.45) is 0 Å². The van der Waals surface area contributed by atoms with Crippen molar-refractivity contribution < 1.29 is 60.6 Å². The maximum absolute atomic E-state index is 15.3. The fourth-order valence-corrected chi connectivity index (χ4v) is 5.50. The van der Waals surface area contributed by atoms with Crippen molar-refractivity contribution in [2.45, 2.75) is 24.1 Å². The van der Waals surface area contributed by atoms with E-state index in [4.69, 9.17) is 31.0 Å². The first kappa shape index (κ1) is 27.0. The van der Waals surface area contributed by atoms with Crippen LogP contribution in [0, 0.1) is 11.3 Å². The van der Waals surface area contributed by atoms with Gasteiger partial charge < -0.3 is 29.4 Å². The molecule has 6 N–H and O–H groups in total. The van der Waals surface area contributed by atoms with Crippen molar-refractivity contribution in [3.8, 4) is 11.3 Å². The van der Waals surface area contributed by atoms with Crippen molar-refractivity contribution in [1.29, 1.82) is 0 Å². The Hall–Kier alpha value is -1.28. The van der Waals surface area contributed by atoms with Crippen LogP contribution in [0.1, 0.15) is 6.23 Å². The molecule has 0 saturated carbocycles. The molecule has 0 radical (unpaired) electrons. The van der Waals surface area contributed by atoms with Crippen molar-refractivity contribution in [3.63, 3.8) is 0 Å². The second kappa shape index (κ2) is 9.53. The monoisotopic (exact) mass is 545 g/mol. The van der Waals surface area contributed by atoms with Crippen LogP contribution in [-0.4, -0.2) is 63.9 Å². The van der Waals surface area contributed by atoms with E-state index in [2.05, 4.69) is 18.2 Å². The van der Waals surface area contributed by atoms with Crippen LogP contribution in [0.2, 0.25) is 0 Å². The lowest BCUT2D eigenvalue weighted by molar-refractivity contribution is -0.0603. The molecule has 3 unspecified atom stereocenters. The van der Waals surface area contributed by atoms with Gasteiger partial charge in [-0.05, 0) is 17.5 Å². The van der Waals surface area contributed by atoms with Crippen molar-refractivity contribution in [1.82, 2.24) is 14.8 Å². The van der Waals surface area contributed by atoms with Crippen LogP contribution in [-0.2, 0) is 31.6 Å². The number of aromatic amines is 1. The summed E-state index contributed by atoms with van der Waals surface area (Å²) in [5, 5.41) is 15.2. The summed E-state index contributed by atoms with van der Waals surface area (Å²) >= 11 is 5.17. The van der Waals surface area contributed by atoms with Crippen molar-refractivity contribution in [2.75, 3.05) is 6.61 Å². The predicted molar refractivity (Wildman–Crippen MR) is 96.3 cm³/mol. The summed E-state index contributed by atoms with van der Waals surface area (Å²) < 4.78 is 65.5. The molecule has 1 aromatic rings. The molecule has 6 atom stereocenters. The van der Waals surface area contributed by atoms with Crippen LogP contribution >= 0.6 is 35.1 Å². The largest absolute Gasteiger partial charge is 0.490 e. The first-order valence-electron chi connectivity index (χ1n) is 7.61. The number of halogens is 2. The topological polar surface area (TPSA) is 257 Å². The molecule has 1 saturated heterocycles. The number of alkyl halides is 1. The highest BCUT2D eigenvalue weighted by atomic mass is 35.5. The number of aliphatic hydroxyl groups is 1. The predicted octanol–water partition coefficient (Wildman–Crippen LogP) is -1.56. The lowest BCUT2D eigenvalue weighted by Crippen LogP contribution is -2.46. The highest BCUT2D eigenvalue weighted by Crippen LogP contribution is 2.66. The summed E-state index contributed by atoms with van der Waals surface area (Å²) in [5.41, 5.74) is -5.43. The van der Waals surface area contributed by atoms with E-state index in [0.717, 1.165) is 0 Å². The van der Waals surface area contributed by atoms with Gasteiger partial charge in [-0.25, -0.2) is 22.9 Å². The van der Waals surface area contributed by atoms with Gasteiger partial charge in [-0.1, -0.05) is 0 Å². The molecule has 0 amide bonds. The number of phosphoric acid groups is 3. The third-order valence-corrected chi connectivity index (χ3v) is 7.36. The second-order valence-electron chi connectivity index (χ2n) is 5.73. The molecule has 22 heteroatoms. The molecule has 180 valence electrons. The van der Waals surface area contributed by atoms with Gasteiger partial charge in [0.05, 0.1) is 6.61 Å². The Morgan fingerprint density at radius 3 is 2.41 bits per heavy atom. The Bertz CT molecular complexity index is 1190. The van der Waals surface area contributed by atoms with Gasteiger partial charge in [0.1, 0.15) is 18.4 Å². The summed E-state index contributed by atoms with van der Waals surface area (Å²) in [6.07, 6.45) is -5.87. The lowest BCUT2D eigenvalue weighted by atomic mass is 9.97. The molecular formula is C10H12ClFN3O14P3. The summed E-state index contributed by atoms with van der Waals surface area (Å²) in [5.74, 6) is 1.72. The van der Waals surface area contributed by atoms with Gasteiger partial charge in [-0.3, -0.25) is 14.3 Å². The van der Waals surface area contributed by atoms with Crippen molar-refractivity contribution in [3.05, 3.63) is 27.0 Å². The van der Waals surface area contributed by atoms with Crippen LogP contribution in [0.4, 0.5) is 4.39 Å². The van der Waals surface area contributed by atoms with Crippen LogP contribution < -0.4 is 11.2 Å². The molecule has 1 aliphatic heterocycles. The number of rotatable bonds is 8. The van der Waals surface area contributed by atoms with Gasteiger partial charge in [0.2, 0.25) is 11.9 Å². The molecule has 0 spiro atoms. The molecule has 1 fully saturated rings. The number of aromatic nitrogens is 3. The summed E-state index contributed by atoms with van der Waals surface area (Å²) in [6.45, 7) is -1.27. The number of hydrogen-bond acceptors (Lipinski definition) is 11. The smallest absolute Gasteiger partial charge is 0.386 e. The maximum Gasteiger partial charge on any atom is 0.490 e. The minimum Gasteiger partial charge on any atom is -0.386 e. The Morgan fingerprint density at radius 1 is 1.25 bits per heavy atom. The van der Waals surface area contributed by atoms with Gasteiger partial charge >= 0.3 is 29.2 Å². The quantitative estimate of drug-likeness (QED) is 0.159. The van der Waals surface area contributed by atoms with E-state index >= 15 is 4.39 Å².